The minimum absolute atomic E-state index is 0.0103. The van der Waals surface area contributed by atoms with Gasteiger partial charge < -0.3 is 19.5 Å². The number of ether oxygens (including phenoxy) is 3. The van der Waals surface area contributed by atoms with E-state index < -0.39 is 23.2 Å². The zero-order valence-corrected chi connectivity index (χ0v) is 18.9. The molecule has 3 unspecified atom stereocenters. The molecule has 0 aromatic carbocycles. The molecule has 0 spiro atoms. The van der Waals surface area contributed by atoms with E-state index in [-0.39, 0.29) is 36.6 Å². The van der Waals surface area contributed by atoms with Gasteiger partial charge in [-0.25, -0.2) is 4.79 Å². The minimum atomic E-state index is -1.01. The van der Waals surface area contributed by atoms with Gasteiger partial charge in [-0.1, -0.05) is 0 Å². The standard InChI is InChI=1S/C22H35N3O6/c1-29-13-21(18(26)15-4-8-24(21)9-5-15)12-17(23-20(28)31-3)22(14-30-2)19(27)16-6-10-25(22)11-7-16/h15-17H,4-14H2,1-3H3,(H,23,28). The van der Waals surface area contributed by atoms with Crippen LogP contribution in [-0.2, 0) is 23.8 Å². The van der Waals surface area contributed by atoms with Crippen LogP contribution in [0.5, 0.6) is 0 Å². The molecule has 0 saturated carbocycles. The summed E-state index contributed by atoms with van der Waals surface area (Å²) in [6.45, 7) is 3.60. The fourth-order valence-electron chi connectivity index (χ4n) is 6.60. The van der Waals surface area contributed by atoms with Crippen LogP contribution in [0.4, 0.5) is 4.79 Å². The number of rotatable bonds is 8. The van der Waals surface area contributed by atoms with E-state index in [9.17, 15) is 14.4 Å². The molecule has 9 heteroatoms. The van der Waals surface area contributed by atoms with Crippen LogP contribution in [0.15, 0.2) is 0 Å². The van der Waals surface area contributed by atoms with Gasteiger partial charge in [-0.05, 0) is 58.3 Å². The number of nitrogens with one attached hydrogen (secondary N) is 1. The van der Waals surface area contributed by atoms with Gasteiger partial charge in [0.15, 0.2) is 11.6 Å². The van der Waals surface area contributed by atoms with Gasteiger partial charge in [0, 0.05) is 26.1 Å². The van der Waals surface area contributed by atoms with Crippen LogP contribution >= 0.6 is 0 Å². The highest BCUT2D eigenvalue weighted by Gasteiger charge is 2.62. The van der Waals surface area contributed by atoms with E-state index in [1.54, 1.807) is 14.2 Å². The zero-order valence-electron chi connectivity index (χ0n) is 18.9. The molecule has 1 amide bonds. The third-order valence-electron chi connectivity index (χ3n) is 8.13. The van der Waals surface area contributed by atoms with Crippen molar-refractivity contribution in [1.82, 2.24) is 15.1 Å². The molecule has 0 aliphatic carbocycles. The molecule has 6 fully saturated rings. The Morgan fingerprint density at radius 3 is 1.97 bits per heavy atom. The zero-order chi connectivity index (χ0) is 22.2. The van der Waals surface area contributed by atoms with E-state index in [1.807, 2.05) is 0 Å². The number of alkyl carbamates (subject to hydrolysis) is 1. The Labute approximate surface area is 183 Å². The molecule has 31 heavy (non-hydrogen) atoms. The molecule has 6 heterocycles. The molecule has 3 atom stereocenters. The molecule has 6 aliphatic heterocycles. The highest BCUT2D eigenvalue weighted by Crippen LogP contribution is 2.44. The number of fused-ring (bicyclic) bond motifs is 6. The number of carbonyl (C=O) groups excluding carboxylic acids is 3. The number of nitrogens with zero attached hydrogens (tertiary/aromatic N) is 2. The van der Waals surface area contributed by atoms with Crippen LogP contribution in [-0.4, -0.2) is 105 Å². The number of Topliss-reactive ketones (excluding diaryl/α,β-unsaturated/α-hetero) is 2. The monoisotopic (exact) mass is 437 g/mol. The van der Waals surface area contributed by atoms with Crippen molar-refractivity contribution >= 4 is 17.7 Å². The minimum Gasteiger partial charge on any atom is -0.453 e. The number of carbonyl (C=O) groups is 3. The largest absolute Gasteiger partial charge is 0.453 e. The van der Waals surface area contributed by atoms with Crippen LogP contribution in [0, 0.1) is 11.8 Å². The summed E-state index contributed by atoms with van der Waals surface area (Å²) in [5.41, 5.74) is -1.87. The summed E-state index contributed by atoms with van der Waals surface area (Å²) in [4.78, 5) is 44.1. The molecular formula is C22H35N3O6. The maximum Gasteiger partial charge on any atom is 0.407 e. The van der Waals surface area contributed by atoms with Crippen LogP contribution in [0.2, 0.25) is 0 Å². The average molecular weight is 438 g/mol. The quantitative estimate of drug-likeness (QED) is 0.585. The van der Waals surface area contributed by atoms with Crippen LogP contribution in [0.1, 0.15) is 32.1 Å². The highest BCUT2D eigenvalue weighted by molar-refractivity contribution is 5.95. The fraction of sp³-hybridized carbons (Fsp3) is 0.864. The number of piperidine rings is 6. The Kier molecular flexibility index (Phi) is 6.40. The lowest BCUT2D eigenvalue weighted by Gasteiger charge is -2.59. The van der Waals surface area contributed by atoms with Crippen molar-refractivity contribution in [3.63, 3.8) is 0 Å². The average Bonchev–Trinajstić information content (AvgIpc) is 2.79. The van der Waals surface area contributed by atoms with Crippen molar-refractivity contribution in [2.45, 2.75) is 49.2 Å². The van der Waals surface area contributed by atoms with Gasteiger partial charge in [0.05, 0.1) is 26.4 Å². The van der Waals surface area contributed by atoms with Gasteiger partial charge in [0.1, 0.15) is 11.1 Å². The summed E-state index contributed by atoms with van der Waals surface area (Å²) in [5, 5.41) is 2.95. The summed E-state index contributed by atoms with van der Waals surface area (Å²) < 4.78 is 16.1. The van der Waals surface area contributed by atoms with Gasteiger partial charge in [-0.15, -0.1) is 0 Å². The lowest BCUT2D eigenvalue weighted by atomic mass is 9.64. The first kappa shape index (κ1) is 22.6. The summed E-state index contributed by atoms with van der Waals surface area (Å²) in [6, 6.07) is -0.631. The van der Waals surface area contributed by atoms with E-state index in [4.69, 9.17) is 14.2 Å². The predicted octanol–water partition coefficient (Wildman–Crippen LogP) is 0.461. The van der Waals surface area contributed by atoms with Crippen molar-refractivity contribution in [3.05, 3.63) is 0 Å². The normalized spacial score (nSPS) is 40.1. The lowest BCUT2D eigenvalue weighted by molar-refractivity contribution is -0.166. The molecular weight excluding hydrogens is 402 g/mol. The summed E-state index contributed by atoms with van der Waals surface area (Å²) in [5.74, 6) is 0.235. The van der Waals surface area contributed by atoms with E-state index >= 15 is 0 Å². The van der Waals surface area contributed by atoms with Gasteiger partial charge in [0.2, 0.25) is 0 Å². The van der Waals surface area contributed by atoms with Gasteiger partial charge >= 0.3 is 6.09 Å². The van der Waals surface area contributed by atoms with Crippen molar-refractivity contribution in [1.29, 1.82) is 0 Å². The third-order valence-corrected chi connectivity index (χ3v) is 8.13. The molecule has 0 aromatic heterocycles. The Hall–Kier alpha value is -1.55. The molecule has 6 aliphatic rings. The number of hydrogen-bond donors (Lipinski definition) is 1. The molecule has 1 N–H and O–H groups in total. The van der Waals surface area contributed by atoms with E-state index in [0.717, 1.165) is 51.9 Å². The molecule has 0 radical (unpaired) electrons. The first-order valence-electron chi connectivity index (χ1n) is 11.3. The van der Waals surface area contributed by atoms with Gasteiger partial charge in [0.25, 0.3) is 0 Å². The SMILES string of the molecule is COCC1(CC(NC(=O)OC)C2(COC)C(=O)C3CCN2CC3)C(=O)C2CCN1CC2. The van der Waals surface area contributed by atoms with Crippen molar-refractivity contribution in [3.8, 4) is 0 Å². The Balaban J connectivity index is 1.76. The fourth-order valence-corrected chi connectivity index (χ4v) is 6.60. The summed E-state index contributed by atoms with van der Waals surface area (Å²) >= 11 is 0. The van der Waals surface area contributed by atoms with Crippen molar-refractivity contribution in [2.24, 2.45) is 11.8 Å². The molecule has 174 valence electrons. The first-order chi connectivity index (χ1) is 14.9. The van der Waals surface area contributed by atoms with Crippen molar-refractivity contribution < 1.29 is 28.6 Å². The summed E-state index contributed by atoms with van der Waals surface area (Å²) in [7, 11) is 4.49. The maximum atomic E-state index is 13.7. The number of methoxy groups -OCH3 is 3. The van der Waals surface area contributed by atoms with Crippen LogP contribution in [0.25, 0.3) is 0 Å². The van der Waals surface area contributed by atoms with Gasteiger partial charge in [-0.2, -0.15) is 0 Å². The molecule has 4 bridgehead atoms. The van der Waals surface area contributed by atoms with Crippen LogP contribution in [0.3, 0.4) is 0 Å². The highest BCUT2D eigenvalue weighted by atomic mass is 16.5. The van der Waals surface area contributed by atoms with Crippen LogP contribution < -0.4 is 5.32 Å². The Bertz CT molecular complexity index is 716. The first-order valence-corrected chi connectivity index (χ1v) is 11.3. The smallest absolute Gasteiger partial charge is 0.407 e. The maximum absolute atomic E-state index is 13.7. The van der Waals surface area contributed by atoms with E-state index in [0.29, 0.717) is 6.42 Å². The third kappa shape index (κ3) is 3.50. The van der Waals surface area contributed by atoms with Crippen molar-refractivity contribution in [2.75, 3.05) is 60.7 Å². The van der Waals surface area contributed by atoms with E-state index in [1.165, 1.54) is 7.11 Å². The van der Waals surface area contributed by atoms with Gasteiger partial charge in [-0.3, -0.25) is 19.4 Å². The summed E-state index contributed by atoms with van der Waals surface area (Å²) in [6.07, 6.45) is 3.05. The predicted molar refractivity (Wildman–Crippen MR) is 112 cm³/mol. The molecule has 9 nitrogen and oxygen atoms in total. The number of amides is 1. The number of ketones is 2. The second-order valence-corrected chi connectivity index (χ2v) is 9.47. The molecule has 0 aromatic rings. The molecule has 6 rings (SSSR count). The topological polar surface area (TPSA) is 97.4 Å². The second kappa shape index (κ2) is 8.77. The lowest BCUT2D eigenvalue weighted by Crippen LogP contribution is -2.78. The number of hydrogen-bond acceptors (Lipinski definition) is 8. The Morgan fingerprint density at radius 2 is 1.48 bits per heavy atom. The van der Waals surface area contributed by atoms with E-state index in [2.05, 4.69) is 15.1 Å². The Morgan fingerprint density at radius 1 is 0.935 bits per heavy atom. The second-order valence-electron chi connectivity index (χ2n) is 9.47. The molecule has 6 saturated heterocycles.